The van der Waals surface area contributed by atoms with Crippen LogP contribution in [0.3, 0.4) is 0 Å². The Morgan fingerprint density at radius 1 is 1.28 bits per heavy atom. The van der Waals surface area contributed by atoms with Crippen molar-refractivity contribution < 1.29 is 9.90 Å². The van der Waals surface area contributed by atoms with Gasteiger partial charge in [0.25, 0.3) is 0 Å². The lowest BCUT2D eigenvalue weighted by Gasteiger charge is -2.33. The molecule has 0 radical (unpaired) electrons. The number of amides is 1. The summed E-state index contributed by atoms with van der Waals surface area (Å²) in [4.78, 5) is 12.2. The number of carbonyl (C=O) groups is 1. The molecule has 0 fully saturated rings. The summed E-state index contributed by atoms with van der Waals surface area (Å²) < 4.78 is 1.89. The highest BCUT2D eigenvalue weighted by molar-refractivity contribution is 5.76. The fraction of sp³-hybridized carbons (Fsp3) is 0.526. The van der Waals surface area contributed by atoms with Crippen molar-refractivity contribution in [2.75, 3.05) is 6.54 Å². The van der Waals surface area contributed by atoms with Crippen LogP contribution in [0.25, 0.3) is 5.69 Å². The topological polar surface area (TPSA) is 80.0 Å². The molecule has 1 unspecified atom stereocenters. The van der Waals surface area contributed by atoms with Crippen molar-refractivity contribution >= 4 is 5.91 Å². The molecule has 0 saturated carbocycles. The third-order valence-corrected chi connectivity index (χ3v) is 4.40. The minimum Gasteiger partial charge on any atom is -0.392 e. The van der Waals surface area contributed by atoms with Crippen molar-refractivity contribution in [3.8, 4) is 5.69 Å². The summed E-state index contributed by atoms with van der Waals surface area (Å²) in [5, 5.41) is 21.2. The molecule has 25 heavy (non-hydrogen) atoms. The molecule has 0 saturated heterocycles. The van der Waals surface area contributed by atoms with Gasteiger partial charge in [0.1, 0.15) is 12.2 Å². The minimum absolute atomic E-state index is 0.0494. The largest absolute Gasteiger partial charge is 0.392 e. The molecule has 0 spiro atoms. The summed E-state index contributed by atoms with van der Waals surface area (Å²) in [7, 11) is 0. The number of hydrogen-bond donors (Lipinski definition) is 2. The van der Waals surface area contributed by atoms with Crippen molar-refractivity contribution in [2.24, 2.45) is 11.3 Å². The average Bonchev–Trinajstić information content (AvgIpc) is 3.06. The van der Waals surface area contributed by atoms with E-state index in [1.54, 1.807) is 6.33 Å². The highest BCUT2D eigenvalue weighted by atomic mass is 16.3. The maximum atomic E-state index is 12.2. The number of aliphatic hydroxyl groups excluding tert-OH is 1. The van der Waals surface area contributed by atoms with Crippen LogP contribution in [0.5, 0.6) is 0 Å². The van der Waals surface area contributed by atoms with E-state index < -0.39 is 6.10 Å². The van der Waals surface area contributed by atoms with Crippen molar-refractivity contribution in [3.63, 3.8) is 0 Å². The lowest BCUT2D eigenvalue weighted by molar-refractivity contribution is -0.122. The first-order valence-electron chi connectivity index (χ1n) is 8.70. The number of nitrogens with one attached hydrogen (secondary N) is 1. The second-order valence-corrected chi connectivity index (χ2v) is 7.41. The SMILES string of the molecule is CC(C)C(O)C(C)(C)CNC(=O)CCc1nncn1-c1ccccc1. The third kappa shape index (κ3) is 5.13. The van der Waals surface area contributed by atoms with Crippen LogP contribution in [-0.2, 0) is 11.2 Å². The monoisotopic (exact) mass is 344 g/mol. The van der Waals surface area contributed by atoms with Gasteiger partial charge < -0.3 is 10.4 Å². The first-order valence-corrected chi connectivity index (χ1v) is 8.70. The second-order valence-electron chi connectivity index (χ2n) is 7.41. The molecule has 136 valence electrons. The predicted molar refractivity (Wildman–Crippen MR) is 97.3 cm³/mol. The molecular weight excluding hydrogens is 316 g/mol. The minimum atomic E-state index is -0.464. The summed E-state index contributed by atoms with van der Waals surface area (Å²) in [5.41, 5.74) is 0.609. The molecule has 2 rings (SSSR count). The molecule has 0 bridgehead atoms. The molecule has 1 atom stereocenters. The van der Waals surface area contributed by atoms with Gasteiger partial charge in [0.05, 0.1) is 6.10 Å². The maximum absolute atomic E-state index is 12.2. The fourth-order valence-corrected chi connectivity index (χ4v) is 2.88. The molecule has 1 aromatic heterocycles. The number of benzene rings is 1. The van der Waals surface area contributed by atoms with E-state index in [0.29, 0.717) is 19.4 Å². The van der Waals surface area contributed by atoms with Crippen LogP contribution in [0.15, 0.2) is 36.7 Å². The Morgan fingerprint density at radius 3 is 2.60 bits per heavy atom. The zero-order valence-corrected chi connectivity index (χ0v) is 15.4. The predicted octanol–water partition coefficient (Wildman–Crippen LogP) is 2.36. The molecule has 1 amide bonds. The average molecular weight is 344 g/mol. The number of rotatable bonds is 8. The van der Waals surface area contributed by atoms with E-state index in [4.69, 9.17) is 0 Å². The Morgan fingerprint density at radius 2 is 1.96 bits per heavy atom. The van der Waals surface area contributed by atoms with Crippen LogP contribution < -0.4 is 5.32 Å². The number of para-hydroxylation sites is 1. The molecular formula is C19H28N4O2. The van der Waals surface area contributed by atoms with Crippen molar-refractivity contribution in [1.29, 1.82) is 0 Å². The van der Waals surface area contributed by atoms with Gasteiger partial charge in [-0.2, -0.15) is 0 Å². The van der Waals surface area contributed by atoms with E-state index in [9.17, 15) is 9.90 Å². The van der Waals surface area contributed by atoms with Gasteiger partial charge in [0.15, 0.2) is 0 Å². The molecule has 2 N–H and O–H groups in total. The number of aryl methyl sites for hydroxylation is 1. The summed E-state index contributed by atoms with van der Waals surface area (Å²) in [6, 6.07) is 9.81. The summed E-state index contributed by atoms with van der Waals surface area (Å²) >= 11 is 0. The first kappa shape index (κ1) is 19.1. The normalized spacial score (nSPS) is 13.0. The lowest BCUT2D eigenvalue weighted by atomic mass is 9.80. The van der Waals surface area contributed by atoms with E-state index >= 15 is 0 Å². The number of carbonyl (C=O) groups excluding carboxylic acids is 1. The van der Waals surface area contributed by atoms with Crippen LogP contribution in [-0.4, -0.2) is 38.4 Å². The maximum Gasteiger partial charge on any atom is 0.220 e. The Kier molecular flexibility index (Phi) is 6.31. The van der Waals surface area contributed by atoms with Gasteiger partial charge in [-0.25, -0.2) is 0 Å². The molecule has 0 aliphatic heterocycles. The van der Waals surface area contributed by atoms with Crippen molar-refractivity contribution in [3.05, 3.63) is 42.5 Å². The van der Waals surface area contributed by atoms with Crippen LogP contribution in [0.4, 0.5) is 0 Å². The second kappa shape index (κ2) is 8.25. The highest BCUT2D eigenvalue weighted by Crippen LogP contribution is 2.25. The van der Waals surface area contributed by atoms with E-state index in [-0.39, 0.29) is 17.2 Å². The molecule has 1 heterocycles. The van der Waals surface area contributed by atoms with E-state index in [0.717, 1.165) is 11.5 Å². The van der Waals surface area contributed by atoms with Gasteiger partial charge in [-0.05, 0) is 18.1 Å². The van der Waals surface area contributed by atoms with E-state index in [1.165, 1.54) is 0 Å². The summed E-state index contributed by atoms with van der Waals surface area (Å²) in [6.45, 7) is 8.32. The number of nitrogens with zero attached hydrogens (tertiary/aromatic N) is 3. The zero-order valence-electron chi connectivity index (χ0n) is 15.4. The quantitative estimate of drug-likeness (QED) is 0.770. The number of aliphatic hydroxyl groups is 1. The molecule has 0 aliphatic carbocycles. The van der Waals surface area contributed by atoms with Crippen LogP contribution >= 0.6 is 0 Å². The van der Waals surface area contributed by atoms with E-state index in [1.807, 2.05) is 62.6 Å². The Labute approximate surface area is 149 Å². The number of hydrogen-bond acceptors (Lipinski definition) is 4. The summed E-state index contributed by atoms with van der Waals surface area (Å²) in [6.07, 6.45) is 2.03. The Hall–Kier alpha value is -2.21. The molecule has 6 heteroatoms. The first-order chi connectivity index (χ1) is 11.8. The molecule has 2 aromatic rings. The molecule has 6 nitrogen and oxygen atoms in total. The van der Waals surface area contributed by atoms with Crippen molar-refractivity contribution in [1.82, 2.24) is 20.1 Å². The highest BCUT2D eigenvalue weighted by Gasteiger charge is 2.30. The van der Waals surface area contributed by atoms with E-state index in [2.05, 4.69) is 15.5 Å². The van der Waals surface area contributed by atoms with Gasteiger partial charge >= 0.3 is 0 Å². The standard InChI is InChI=1S/C19H28N4O2/c1-14(2)18(25)19(3,4)12-20-17(24)11-10-16-22-21-13-23(16)15-8-6-5-7-9-15/h5-9,13-14,18,25H,10-12H2,1-4H3,(H,20,24). The third-order valence-electron chi connectivity index (χ3n) is 4.40. The molecule has 0 aliphatic rings. The van der Waals surface area contributed by atoms with Gasteiger partial charge in [0, 0.05) is 30.5 Å². The van der Waals surface area contributed by atoms with Gasteiger partial charge in [0.2, 0.25) is 5.91 Å². The van der Waals surface area contributed by atoms with Gasteiger partial charge in [-0.15, -0.1) is 10.2 Å². The Bertz CT molecular complexity index is 680. The van der Waals surface area contributed by atoms with Gasteiger partial charge in [-0.1, -0.05) is 45.9 Å². The zero-order chi connectivity index (χ0) is 18.4. The van der Waals surface area contributed by atoms with Crippen LogP contribution in [0.1, 0.15) is 39.9 Å². The van der Waals surface area contributed by atoms with Crippen molar-refractivity contribution in [2.45, 2.75) is 46.6 Å². The number of aromatic nitrogens is 3. The lowest BCUT2D eigenvalue weighted by Crippen LogP contribution is -2.43. The smallest absolute Gasteiger partial charge is 0.220 e. The Balaban J connectivity index is 1.88. The van der Waals surface area contributed by atoms with Crippen LogP contribution in [0, 0.1) is 11.3 Å². The molecule has 1 aromatic carbocycles. The summed E-state index contributed by atoms with van der Waals surface area (Å²) in [5.74, 6) is 0.853. The fourth-order valence-electron chi connectivity index (χ4n) is 2.88. The van der Waals surface area contributed by atoms with Crippen LogP contribution in [0.2, 0.25) is 0 Å². The van der Waals surface area contributed by atoms with Gasteiger partial charge in [-0.3, -0.25) is 9.36 Å².